The van der Waals surface area contributed by atoms with E-state index in [1.165, 1.54) is 12.1 Å². The Kier molecular flexibility index (Phi) is 9.84. The van der Waals surface area contributed by atoms with E-state index in [9.17, 15) is 31.1 Å². The quantitative estimate of drug-likeness (QED) is 0.0784. The summed E-state index contributed by atoms with van der Waals surface area (Å²) in [6.07, 6.45) is -11.3. The molecule has 5 aromatic rings. The van der Waals surface area contributed by atoms with Crippen LogP contribution in [0.5, 0.6) is 0 Å². The number of ketones is 1. The van der Waals surface area contributed by atoms with Gasteiger partial charge in [0.1, 0.15) is 17.0 Å². The molecule has 0 aliphatic heterocycles. The maximum absolute atomic E-state index is 14.1. The first kappa shape index (κ1) is 33.8. The number of aromatic nitrogens is 4. The molecule has 0 unspecified atom stereocenters. The molecule has 2 aromatic heterocycles. The maximum Gasteiger partial charge on any atom is 0.416 e. The number of nitrogens with zero attached hydrogens (tertiary/aromatic N) is 4. The highest BCUT2D eigenvalue weighted by Gasteiger charge is 2.38. The zero-order chi connectivity index (χ0) is 33.9. The molecular formula is C32H25ClF6N4O4. The van der Waals surface area contributed by atoms with Crippen molar-refractivity contribution in [2.45, 2.75) is 39.0 Å². The number of rotatable bonds is 11. The predicted molar refractivity (Wildman–Crippen MR) is 157 cm³/mol. The molecule has 5 rings (SSSR count). The molecule has 0 amide bonds. The Morgan fingerprint density at radius 3 is 2.04 bits per heavy atom. The minimum Gasteiger partial charge on any atom is -0.354 e. The Balaban J connectivity index is 1.73. The third-order valence-corrected chi connectivity index (χ3v) is 7.23. The van der Waals surface area contributed by atoms with Crippen molar-refractivity contribution in [1.82, 2.24) is 20.2 Å². The molecule has 15 heteroatoms. The van der Waals surface area contributed by atoms with Crippen LogP contribution in [0.25, 0.3) is 22.6 Å². The van der Waals surface area contributed by atoms with Crippen molar-refractivity contribution in [3.05, 3.63) is 111 Å². The van der Waals surface area contributed by atoms with Crippen LogP contribution in [0.4, 0.5) is 26.3 Å². The summed E-state index contributed by atoms with van der Waals surface area (Å²) in [5.74, 6) is -0.734. The van der Waals surface area contributed by atoms with Crippen LogP contribution in [0.3, 0.4) is 0 Å². The van der Waals surface area contributed by atoms with Crippen molar-refractivity contribution in [2.75, 3.05) is 13.2 Å². The van der Waals surface area contributed by atoms with Gasteiger partial charge in [0.25, 0.3) is 0 Å². The molecule has 246 valence electrons. The first-order chi connectivity index (χ1) is 22.3. The minimum atomic E-state index is -5.05. The monoisotopic (exact) mass is 678 g/mol. The average Bonchev–Trinajstić information content (AvgIpc) is 3.65. The minimum absolute atomic E-state index is 0.0450. The van der Waals surface area contributed by atoms with Crippen LogP contribution in [0, 0.1) is 0 Å². The van der Waals surface area contributed by atoms with Gasteiger partial charge in [-0.25, -0.2) is 4.68 Å². The van der Waals surface area contributed by atoms with Gasteiger partial charge in [0.2, 0.25) is 17.8 Å². The topological polar surface area (TPSA) is 92.3 Å². The fraction of sp³-hybridized carbons (Fsp3) is 0.250. The van der Waals surface area contributed by atoms with E-state index in [2.05, 4.69) is 15.5 Å². The molecule has 0 saturated carbocycles. The second-order valence-electron chi connectivity index (χ2n) is 10.0. The summed E-state index contributed by atoms with van der Waals surface area (Å²) < 4.78 is 99.9. The number of carbonyl (C=O) groups is 1. The first-order valence-corrected chi connectivity index (χ1v) is 14.5. The van der Waals surface area contributed by atoms with Crippen LogP contribution < -0.4 is 0 Å². The van der Waals surface area contributed by atoms with Gasteiger partial charge in [-0.2, -0.15) is 26.3 Å². The highest BCUT2D eigenvalue weighted by atomic mass is 35.5. The van der Waals surface area contributed by atoms with Crippen LogP contribution in [0.2, 0.25) is 5.02 Å². The summed E-state index contributed by atoms with van der Waals surface area (Å²) in [5, 5.41) is 12.5. The SMILES string of the molecule is CCOC(OCC)c1onc(-c2nnn(Cc3cc(C(F)(F)F)cc(C(F)(F)F)c3)c2-c2ccccc2)c1C(=O)c1ccccc1Cl. The fourth-order valence-electron chi connectivity index (χ4n) is 4.88. The lowest BCUT2D eigenvalue weighted by atomic mass is 9.97. The van der Waals surface area contributed by atoms with Crippen molar-refractivity contribution in [3.8, 4) is 22.6 Å². The standard InChI is InChI=1S/C32H25ClF6N4O4/c1-3-45-30(46-4-2)29-24(28(44)22-12-8-9-13-23(22)33)25(41-47-29)26-27(19-10-6-5-7-11-19)43(42-40-26)17-18-14-20(31(34,35)36)16-21(15-18)32(37,38)39/h5-16,30H,3-4,17H2,1-2H3. The molecule has 0 radical (unpaired) electrons. The highest BCUT2D eigenvalue weighted by Crippen LogP contribution is 2.39. The molecule has 0 aliphatic rings. The van der Waals surface area contributed by atoms with Crippen molar-refractivity contribution in [2.24, 2.45) is 0 Å². The molecule has 0 saturated heterocycles. The molecule has 3 aromatic carbocycles. The van der Waals surface area contributed by atoms with Crippen LogP contribution in [0.15, 0.2) is 77.3 Å². The molecule has 0 bridgehead atoms. The zero-order valence-corrected chi connectivity index (χ0v) is 25.5. The van der Waals surface area contributed by atoms with Crippen molar-refractivity contribution < 1.29 is 45.1 Å². The second-order valence-corrected chi connectivity index (χ2v) is 10.5. The van der Waals surface area contributed by atoms with Crippen molar-refractivity contribution in [1.29, 1.82) is 0 Å². The van der Waals surface area contributed by atoms with Crippen molar-refractivity contribution in [3.63, 3.8) is 0 Å². The van der Waals surface area contributed by atoms with Gasteiger partial charge < -0.3 is 14.0 Å². The van der Waals surface area contributed by atoms with Crippen molar-refractivity contribution >= 4 is 17.4 Å². The molecule has 0 N–H and O–H groups in total. The molecule has 8 nitrogen and oxygen atoms in total. The van der Waals surface area contributed by atoms with E-state index in [4.69, 9.17) is 25.6 Å². The number of carbonyl (C=O) groups excluding carboxylic acids is 1. The van der Waals surface area contributed by atoms with Gasteiger partial charge in [0.05, 0.1) is 28.4 Å². The Hall–Kier alpha value is -4.53. The smallest absolute Gasteiger partial charge is 0.354 e. The number of halogens is 7. The van der Waals surface area contributed by atoms with Crippen LogP contribution >= 0.6 is 11.6 Å². The normalized spacial score (nSPS) is 12.2. The number of hydrogen-bond donors (Lipinski definition) is 0. The van der Waals surface area contributed by atoms with Gasteiger partial charge in [0, 0.05) is 24.3 Å². The fourth-order valence-corrected chi connectivity index (χ4v) is 5.10. The zero-order valence-electron chi connectivity index (χ0n) is 24.7. The highest BCUT2D eigenvalue weighted by molar-refractivity contribution is 6.35. The van der Waals surface area contributed by atoms with E-state index < -0.39 is 42.1 Å². The molecule has 47 heavy (non-hydrogen) atoms. The third kappa shape index (κ3) is 7.24. The van der Waals surface area contributed by atoms with Gasteiger partial charge >= 0.3 is 12.4 Å². The van der Waals surface area contributed by atoms with Crippen LogP contribution in [-0.4, -0.2) is 39.1 Å². The summed E-state index contributed by atoms with van der Waals surface area (Å²) in [4.78, 5) is 14.1. The average molecular weight is 679 g/mol. The summed E-state index contributed by atoms with van der Waals surface area (Å²) in [5.41, 5.74) is -2.96. The predicted octanol–water partition coefficient (Wildman–Crippen LogP) is 8.64. The summed E-state index contributed by atoms with van der Waals surface area (Å²) in [6, 6.07) is 15.8. The summed E-state index contributed by atoms with van der Waals surface area (Å²) >= 11 is 6.37. The van der Waals surface area contributed by atoms with E-state index >= 15 is 0 Å². The van der Waals surface area contributed by atoms with E-state index in [1.54, 1.807) is 56.3 Å². The summed E-state index contributed by atoms with van der Waals surface area (Å²) in [6.45, 7) is 3.20. The Bertz CT molecular complexity index is 1830. The third-order valence-electron chi connectivity index (χ3n) is 6.90. The molecule has 0 fully saturated rings. The lowest BCUT2D eigenvalue weighted by Crippen LogP contribution is -2.14. The van der Waals surface area contributed by atoms with E-state index in [-0.39, 0.29) is 63.8 Å². The number of benzene rings is 3. The van der Waals surface area contributed by atoms with E-state index in [1.807, 2.05) is 0 Å². The van der Waals surface area contributed by atoms with Gasteiger partial charge in [-0.1, -0.05) is 64.4 Å². The molecule has 0 atom stereocenters. The van der Waals surface area contributed by atoms with Crippen LogP contribution in [-0.2, 0) is 28.4 Å². The second kappa shape index (κ2) is 13.7. The Morgan fingerprint density at radius 1 is 0.872 bits per heavy atom. The number of hydrogen-bond acceptors (Lipinski definition) is 7. The molecule has 0 spiro atoms. The molecular weight excluding hydrogens is 654 g/mol. The lowest BCUT2D eigenvalue weighted by Gasteiger charge is -2.16. The summed E-state index contributed by atoms with van der Waals surface area (Å²) in [7, 11) is 0. The Morgan fingerprint density at radius 2 is 1.47 bits per heavy atom. The molecule has 0 aliphatic carbocycles. The lowest BCUT2D eigenvalue weighted by molar-refractivity contribution is -0.152. The number of alkyl halides is 6. The number of ether oxygens (including phenoxy) is 2. The Labute approximate surface area is 268 Å². The van der Waals surface area contributed by atoms with Crippen LogP contribution in [0.1, 0.15) is 58.5 Å². The van der Waals surface area contributed by atoms with Gasteiger partial charge in [0.15, 0.2) is 0 Å². The van der Waals surface area contributed by atoms with E-state index in [0.29, 0.717) is 17.7 Å². The van der Waals surface area contributed by atoms with Gasteiger partial charge in [-0.3, -0.25) is 4.79 Å². The maximum atomic E-state index is 14.1. The van der Waals surface area contributed by atoms with Gasteiger partial charge in [-0.05, 0) is 49.7 Å². The molecule has 2 heterocycles. The largest absolute Gasteiger partial charge is 0.416 e. The van der Waals surface area contributed by atoms with Gasteiger partial charge in [-0.15, -0.1) is 5.10 Å². The van der Waals surface area contributed by atoms with E-state index in [0.717, 1.165) is 4.68 Å². The first-order valence-electron chi connectivity index (χ1n) is 14.1.